The normalized spacial score (nSPS) is 18.1. The first-order chi connectivity index (χ1) is 10.8. The Kier molecular flexibility index (Phi) is 5.36. The second-order valence-corrected chi connectivity index (χ2v) is 6.29. The van der Waals surface area contributed by atoms with E-state index in [2.05, 4.69) is 17.4 Å². The van der Waals surface area contributed by atoms with Crippen LogP contribution in [-0.2, 0) is 0 Å². The van der Waals surface area contributed by atoms with Gasteiger partial charge in [0, 0.05) is 10.6 Å². The molecule has 1 fully saturated rings. The van der Waals surface area contributed by atoms with E-state index in [1.165, 1.54) is 12.8 Å². The van der Waals surface area contributed by atoms with E-state index in [1.54, 1.807) is 0 Å². The quantitative estimate of drug-likeness (QED) is 0.857. The molecule has 3 heteroatoms. The van der Waals surface area contributed by atoms with Crippen LogP contribution >= 0.6 is 11.6 Å². The molecule has 1 heterocycles. The monoisotopic (exact) mass is 315 g/mol. The standard InChI is InChI=1S/C19H22ClNO/c20-17-8-9-19(18(13-17)16-6-2-1-3-7-16)22-12-10-15-5-4-11-21-14-15/h1-3,6-9,13,15,21H,4-5,10-12,14H2/t15-/m0/s1. The molecule has 1 N–H and O–H groups in total. The number of ether oxygens (including phenoxy) is 1. The summed E-state index contributed by atoms with van der Waals surface area (Å²) in [6, 6.07) is 16.1. The van der Waals surface area contributed by atoms with E-state index in [9.17, 15) is 0 Å². The van der Waals surface area contributed by atoms with Gasteiger partial charge in [-0.1, -0.05) is 41.9 Å². The van der Waals surface area contributed by atoms with Gasteiger partial charge in [0.2, 0.25) is 0 Å². The molecular weight excluding hydrogens is 294 g/mol. The van der Waals surface area contributed by atoms with Crippen LogP contribution in [0.15, 0.2) is 48.5 Å². The topological polar surface area (TPSA) is 21.3 Å². The zero-order valence-electron chi connectivity index (χ0n) is 12.7. The minimum Gasteiger partial charge on any atom is -0.493 e. The molecule has 0 aromatic heterocycles. The fraction of sp³-hybridized carbons (Fsp3) is 0.368. The van der Waals surface area contributed by atoms with Crippen molar-refractivity contribution in [2.45, 2.75) is 19.3 Å². The smallest absolute Gasteiger partial charge is 0.127 e. The molecule has 3 rings (SSSR count). The van der Waals surface area contributed by atoms with Gasteiger partial charge in [0.1, 0.15) is 5.75 Å². The van der Waals surface area contributed by atoms with Crippen molar-refractivity contribution in [2.75, 3.05) is 19.7 Å². The average molecular weight is 316 g/mol. The molecule has 2 nitrogen and oxygen atoms in total. The van der Waals surface area contributed by atoms with Crippen molar-refractivity contribution in [1.82, 2.24) is 5.32 Å². The van der Waals surface area contributed by atoms with Crippen LogP contribution in [0.25, 0.3) is 11.1 Å². The molecule has 1 saturated heterocycles. The molecule has 1 aliphatic rings. The summed E-state index contributed by atoms with van der Waals surface area (Å²) in [7, 11) is 0. The number of benzene rings is 2. The van der Waals surface area contributed by atoms with Crippen LogP contribution in [0.2, 0.25) is 5.02 Å². The molecule has 0 spiro atoms. The maximum absolute atomic E-state index is 6.16. The maximum Gasteiger partial charge on any atom is 0.127 e. The predicted octanol–water partition coefficient (Wildman–Crippen LogP) is 4.78. The number of rotatable bonds is 5. The highest BCUT2D eigenvalue weighted by molar-refractivity contribution is 6.31. The first kappa shape index (κ1) is 15.4. The van der Waals surface area contributed by atoms with Crippen molar-refractivity contribution in [3.05, 3.63) is 53.6 Å². The van der Waals surface area contributed by atoms with Crippen LogP contribution in [-0.4, -0.2) is 19.7 Å². The zero-order valence-corrected chi connectivity index (χ0v) is 13.5. The van der Waals surface area contributed by atoms with E-state index in [0.29, 0.717) is 0 Å². The van der Waals surface area contributed by atoms with Crippen LogP contribution < -0.4 is 10.1 Å². The molecule has 0 bridgehead atoms. The Morgan fingerprint density at radius 1 is 1.14 bits per heavy atom. The Balaban J connectivity index is 1.68. The molecule has 2 aromatic carbocycles. The highest BCUT2D eigenvalue weighted by Crippen LogP contribution is 2.32. The van der Waals surface area contributed by atoms with E-state index in [4.69, 9.17) is 16.3 Å². The molecule has 0 unspecified atom stereocenters. The fourth-order valence-electron chi connectivity index (χ4n) is 2.98. The third-order valence-corrected chi connectivity index (χ3v) is 4.44. The Morgan fingerprint density at radius 3 is 2.77 bits per heavy atom. The van der Waals surface area contributed by atoms with Gasteiger partial charge in [-0.3, -0.25) is 0 Å². The zero-order chi connectivity index (χ0) is 15.2. The third-order valence-electron chi connectivity index (χ3n) is 4.21. The van der Waals surface area contributed by atoms with Gasteiger partial charge in [-0.25, -0.2) is 0 Å². The fourth-order valence-corrected chi connectivity index (χ4v) is 3.15. The predicted molar refractivity (Wildman–Crippen MR) is 92.6 cm³/mol. The molecule has 0 amide bonds. The van der Waals surface area contributed by atoms with Gasteiger partial charge < -0.3 is 10.1 Å². The number of halogens is 1. The largest absolute Gasteiger partial charge is 0.493 e. The van der Waals surface area contributed by atoms with E-state index < -0.39 is 0 Å². The highest BCUT2D eigenvalue weighted by Gasteiger charge is 2.13. The summed E-state index contributed by atoms with van der Waals surface area (Å²) in [6.07, 6.45) is 3.69. The second-order valence-electron chi connectivity index (χ2n) is 5.86. The van der Waals surface area contributed by atoms with Gasteiger partial charge in [0.25, 0.3) is 0 Å². The molecule has 22 heavy (non-hydrogen) atoms. The molecule has 0 saturated carbocycles. The lowest BCUT2D eigenvalue weighted by molar-refractivity contribution is 0.255. The lowest BCUT2D eigenvalue weighted by atomic mass is 9.97. The Labute approximate surface area is 137 Å². The second kappa shape index (κ2) is 7.66. The van der Waals surface area contributed by atoms with Crippen LogP contribution in [0, 0.1) is 5.92 Å². The van der Waals surface area contributed by atoms with Crippen LogP contribution in [0.4, 0.5) is 0 Å². The lowest BCUT2D eigenvalue weighted by Crippen LogP contribution is -2.30. The minimum atomic E-state index is 0.737. The van der Waals surface area contributed by atoms with Crippen molar-refractivity contribution < 1.29 is 4.74 Å². The van der Waals surface area contributed by atoms with E-state index in [-0.39, 0.29) is 0 Å². The van der Waals surface area contributed by atoms with E-state index >= 15 is 0 Å². The number of hydrogen-bond acceptors (Lipinski definition) is 2. The summed E-state index contributed by atoms with van der Waals surface area (Å²) >= 11 is 6.16. The summed E-state index contributed by atoms with van der Waals surface area (Å²) in [5, 5.41) is 4.19. The molecule has 1 atom stereocenters. The van der Waals surface area contributed by atoms with Gasteiger partial charge >= 0.3 is 0 Å². The Morgan fingerprint density at radius 2 is 2.00 bits per heavy atom. The number of piperidine rings is 1. The summed E-state index contributed by atoms with van der Waals surface area (Å²) in [4.78, 5) is 0. The first-order valence-electron chi connectivity index (χ1n) is 8.01. The Hall–Kier alpha value is -1.51. The summed E-state index contributed by atoms with van der Waals surface area (Å²) in [6.45, 7) is 3.04. The Bertz CT molecular complexity index is 594. The molecule has 0 aliphatic carbocycles. The molecule has 1 aliphatic heterocycles. The van der Waals surface area contributed by atoms with Crippen molar-refractivity contribution in [2.24, 2.45) is 5.92 Å². The molecular formula is C19H22ClNO. The van der Waals surface area contributed by atoms with Gasteiger partial charge in [0.15, 0.2) is 0 Å². The summed E-state index contributed by atoms with van der Waals surface area (Å²) < 4.78 is 6.06. The minimum absolute atomic E-state index is 0.737. The first-order valence-corrected chi connectivity index (χ1v) is 8.39. The van der Waals surface area contributed by atoms with Crippen LogP contribution in [0.5, 0.6) is 5.75 Å². The lowest BCUT2D eigenvalue weighted by Gasteiger charge is -2.23. The highest BCUT2D eigenvalue weighted by atomic mass is 35.5. The van der Waals surface area contributed by atoms with Gasteiger partial charge in [-0.15, -0.1) is 0 Å². The molecule has 0 radical (unpaired) electrons. The maximum atomic E-state index is 6.16. The summed E-state index contributed by atoms with van der Waals surface area (Å²) in [5.74, 6) is 1.65. The van der Waals surface area contributed by atoms with Crippen molar-refractivity contribution >= 4 is 11.6 Å². The van der Waals surface area contributed by atoms with E-state index in [0.717, 1.165) is 53.9 Å². The van der Waals surface area contributed by atoms with Crippen molar-refractivity contribution in [1.29, 1.82) is 0 Å². The summed E-state index contributed by atoms with van der Waals surface area (Å²) in [5.41, 5.74) is 2.20. The number of hydrogen-bond donors (Lipinski definition) is 1. The van der Waals surface area contributed by atoms with Gasteiger partial charge in [0.05, 0.1) is 6.61 Å². The SMILES string of the molecule is Clc1ccc(OCC[C@@H]2CCCNC2)c(-c2ccccc2)c1. The van der Waals surface area contributed by atoms with Crippen LogP contribution in [0.3, 0.4) is 0 Å². The van der Waals surface area contributed by atoms with Gasteiger partial charge in [-0.2, -0.15) is 0 Å². The number of nitrogens with one attached hydrogen (secondary N) is 1. The van der Waals surface area contributed by atoms with Crippen LogP contribution in [0.1, 0.15) is 19.3 Å². The third kappa shape index (κ3) is 4.02. The van der Waals surface area contributed by atoms with Crippen molar-refractivity contribution in [3.8, 4) is 16.9 Å². The average Bonchev–Trinajstić information content (AvgIpc) is 2.58. The van der Waals surface area contributed by atoms with Gasteiger partial charge in [-0.05, 0) is 62.0 Å². The molecule has 2 aromatic rings. The van der Waals surface area contributed by atoms with E-state index in [1.807, 2.05) is 36.4 Å². The molecule has 116 valence electrons. The van der Waals surface area contributed by atoms with Crippen molar-refractivity contribution in [3.63, 3.8) is 0 Å².